The van der Waals surface area contributed by atoms with E-state index in [0.29, 0.717) is 5.92 Å². The maximum atomic E-state index is 6.45. The molecule has 1 aromatic heterocycles. The molecule has 0 fully saturated rings. The highest BCUT2D eigenvalue weighted by Crippen LogP contribution is 2.24. The minimum atomic E-state index is -0.0919. The minimum absolute atomic E-state index is 0.0919. The van der Waals surface area contributed by atoms with Crippen molar-refractivity contribution < 1.29 is 0 Å². The summed E-state index contributed by atoms with van der Waals surface area (Å²) in [5.74, 6) is 0.658. The van der Waals surface area contributed by atoms with E-state index in [-0.39, 0.29) is 6.04 Å². The standard InChI is InChI=1S/C17H25N3/c1-5-16-15(11-20(4)19-16)17(18)14-8-6-7-13(10-14)9-12(2)3/h6-8,10-12,17H,5,9,18H2,1-4H3. The van der Waals surface area contributed by atoms with Crippen LogP contribution in [0.25, 0.3) is 0 Å². The zero-order valence-electron chi connectivity index (χ0n) is 12.9. The van der Waals surface area contributed by atoms with E-state index in [0.717, 1.165) is 24.1 Å². The van der Waals surface area contributed by atoms with Crippen LogP contribution < -0.4 is 5.73 Å². The van der Waals surface area contributed by atoms with Crippen molar-refractivity contribution in [2.75, 3.05) is 0 Å². The highest BCUT2D eigenvalue weighted by molar-refractivity contribution is 5.35. The lowest BCUT2D eigenvalue weighted by Gasteiger charge is -2.14. The van der Waals surface area contributed by atoms with Crippen molar-refractivity contribution in [3.8, 4) is 0 Å². The highest BCUT2D eigenvalue weighted by atomic mass is 15.3. The average Bonchev–Trinajstić information content (AvgIpc) is 2.78. The number of aromatic nitrogens is 2. The number of benzene rings is 1. The molecule has 0 amide bonds. The summed E-state index contributed by atoms with van der Waals surface area (Å²) in [6.07, 6.45) is 4.04. The van der Waals surface area contributed by atoms with Crippen molar-refractivity contribution in [3.63, 3.8) is 0 Å². The molecule has 0 radical (unpaired) electrons. The molecule has 0 saturated carbocycles. The van der Waals surface area contributed by atoms with Crippen LogP contribution in [-0.4, -0.2) is 9.78 Å². The molecule has 0 aliphatic rings. The molecule has 0 aliphatic carbocycles. The predicted molar refractivity (Wildman–Crippen MR) is 83.6 cm³/mol. The van der Waals surface area contributed by atoms with E-state index in [2.05, 4.69) is 50.1 Å². The second-order valence-corrected chi connectivity index (χ2v) is 5.88. The first-order valence-corrected chi connectivity index (χ1v) is 7.38. The van der Waals surface area contributed by atoms with E-state index >= 15 is 0 Å². The lowest BCUT2D eigenvalue weighted by molar-refractivity contribution is 0.646. The van der Waals surface area contributed by atoms with Crippen molar-refractivity contribution in [1.82, 2.24) is 9.78 Å². The third-order valence-electron chi connectivity index (χ3n) is 3.56. The van der Waals surface area contributed by atoms with Crippen LogP contribution in [-0.2, 0) is 19.9 Å². The van der Waals surface area contributed by atoms with Gasteiger partial charge in [-0.1, -0.05) is 45.0 Å². The largest absolute Gasteiger partial charge is 0.320 e. The third kappa shape index (κ3) is 3.28. The molecule has 0 spiro atoms. The van der Waals surface area contributed by atoms with E-state index in [1.54, 1.807) is 0 Å². The maximum absolute atomic E-state index is 6.45. The van der Waals surface area contributed by atoms with Crippen molar-refractivity contribution in [1.29, 1.82) is 0 Å². The molecular formula is C17H25N3. The van der Waals surface area contributed by atoms with Gasteiger partial charge in [-0.15, -0.1) is 0 Å². The monoisotopic (exact) mass is 271 g/mol. The molecule has 2 aromatic rings. The van der Waals surface area contributed by atoms with Crippen LogP contribution in [0.2, 0.25) is 0 Å². The van der Waals surface area contributed by atoms with E-state index in [9.17, 15) is 0 Å². The molecule has 1 aromatic carbocycles. The molecule has 3 heteroatoms. The Hall–Kier alpha value is -1.61. The highest BCUT2D eigenvalue weighted by Gasteiger charge is 2.16. The second-order valence-electron chi connectivity index (χ2n) is 5.88. The molecule has 3 nitrogen and oxygen atoms in total. The second kappa shape index (κ2) is 6.23. The SMILES string of the molecule is CCc1nn(C)cc1C(N)c1cccc(CC(C)C)c1. The lowest BCUT2D eigenvalue weighted by Crippen LogP contribution is -2.13. The zero-order chi connectivity index (χ0) is 14.7. The predicted octanol–water partition coefficient (Wildman–Crippen LogP) is 3.23. The summed E-state index contributed by atoms with van der Waals surface area (Å²) in [7, 11) is 1.95. The topological polar surface area (TPSA) is 43.8 Å². The van der Waals surface area contributed by atoms with Crippen molar-refractivity contribution in [2.45, 2.75) is 39.7 Å². The fourth-order valence-electron chi connectivity index (χ4n) is 2.65. The summed E-state index contributed by atoms with van der Waals surface area (Å²) in [6.45, 7) is 6.60. The van der Waals surface area contributed by atoms with Crippen molar-refractivity contribution >= 4 is 0 Å². The van der Waals surface area contributed by atoms with Crippen molar-refractivity contribution in [2.24, 2.45) is 18.7 Å². The lowest BCUT2D eigenvalue weighted by atomic mass is 9.95. The first kappa shape index (κ1) is 14.8. The molecule has 108 valence electrons. The van der Waals surface area contributed by atoms with Crippen LogP contribution in [0.4, 0.5) is 0 Å². The Morgan fingerprint density at radius 1 is 1.30 bits per heavy atom. The number of nitrogens with two attached hydrogens (primary N) is 1. The van der Waals surface area contributed by atoms with Crippen LogP contribution >= 0.6 is 0 Å². The van der Waals surface area contributed by atoms with E-state index < -0.39 is 0 Å². The summed E-state index contributed by atoms with van der Waals surface area (Å²) in [6, 6.07) is 8.54. The Morgan fingerprint density at radius 2 is 2.05 bits per heavy atom. The van der Waals surface area contributed by atoms with Gasteiger partial charge in [0.1, 0.15) is 0 Å². The molecule has 2 rings (SSSR count). The Morgan fingerprint density at radius 3 is 2.70 bits per heavy atom. The summed E-state index contributed by atoms with van der Waals surface area (Å²) >= 11 is 0. The van der Waals surface area contributed by atoms with Gasteiger partial charge < -0.3 is 5.73 Å². The smallest absolute Gasteiger partial charge is 0.0672 e. The molecule has 20 heavy (non-hydrogen) atoms. The van der Waals surface area contributed by atoms with Gasteiger partial charge in [-0.05, 0) is 29.9 Å². The average molecular weight is 271 g/mol. The number of nitrogens with zero attached hydrogens (tertiary/aromatic N) is 2. The molecule has 1 atom stereocenters. The van der Waals surface area contributed by atoms with Crippen molar-refractivity contribution in [3.05, 3.63) is 52.8 Å². The first-order chi connectivity index (χ1) is 9.51. The summed E-state index contributed by atoms with van der Waals surface area (Å²) in [5.41, 5.74) is 11.2. The molecular weight excluding hydrogens is 246 g/mol. The molecule has 0 aliphatic heterocycles. The van der Waals surface area contributed by atoms with Crippen LogP contribution in [0.1, 0.15) is 49.2 Å². The fourth-order valence-corrected chi connectivity index (χ4v) is 2.65. The van der Waals surface area contributed by atoms with E-state index in [1.165, 1.54) is 11.1 Å². The maximum Gasteiger partial charge on any atom is 0.0672 e. The summed E-state index contributed by atoms with van der Waals surface area (Å²) in [5, 5.41) is 4.48. The summed E-state index contributed by atoms with van der Waals surface area (Å²) in [4.78, 5) is 0. The molecule has 1 unspecified atom stereocenters. The number of hydrogen-bond acceptors (Lipinski definition) is 2. The van der Waals surface area contributed by atoms with Gasteiger partial charge >= 0.3 is 0 Å². The quantitative estimate of drug-likeness (QED) is 0.907. The van der Waals surface area contributed by atoms with Gasteiger partial charge in [-0.25, -0.2) is 0 Å². The Labute approximate surface area is 121 Å². The van der Waals surface area contributed by atoms with Gasteiger partial charge in [0.25, 0.3) is 0 Å². The van der Waals surface area contributed by atoms with Crippen LogP contribution in [0.5, 0.6) is 0 Å². The van der Waals surface area contributed by atoms with Gasteiger partial charge in [-0.3, -0.25) is 4.68 Å². The van der Waals surface area contributed by atoms with Gasteiger partial charge in [-0.2, -0.15) is 5.10 Å². The van der Waals surface area contributed by atoms with Gasteiger partial charge in [0.05, 0.1) is 11.7 Å². The van der Waals surface area contributed by atoms with Crippen LogP contribution in [0.3, 0.4) is 0 Å². The Balaban J connectivity index is 2.30. The fraction of sp³-hybridized carbons (Fsp3) is 0.471. The van der Waals surface area contributed by atoms with Gasteiger partial charge in [0.15, 0.2) is 0 Å². The molecule has 2 N–H and O–H groups in total. The normalized spacial score (nSPS) is 12.9. The van der Waals surface area contributed by atoms with E-state index in [1.807, 2.05) is 17.9 Å². The molecule has 0 saturated heterocycles. The van der Waals surface area contributed by atoms with Gasteiger partial charge in [0, 0.05) is 18.8 Å². The Kier molecular flexibility index (Phi) is 4.61. The summed E-state index contributed by atoms with van der Waals surface area (Å²) < 4.78 is 1.85. The van der Waals surface area contributed by atoms with E-state index in [4.69, 9.17) is 5.73 Å². The number of aryl methyl sites for hydroxylation is 2. The zero-order valence-corrected chi connectivity index (χ0v) is 12.9. The van der Waals surface area contributed by atoms with Gasteiger partial charge in [0.2, 0.25) is 0 Å². The number of hydrogen-bond donors (Lipinski definition) is 1. The van der Waals surface area contributed by atoms with Crippen LogP contribution in [0.15, 0.2) is 30.5 Å². The number of rotatable bonds is 5. The minimum Gasteiger partial charge on any atom is -0.320 e. The molecule has 1 heterocycles. The first-order valence-electron chi connectivity index (χ1n) is 7.38. The third-order valence-corrected chi connectivity index (χ3v) is 3.56. The molecule has 0 bridgehead atoms. The Bertz CT molecular complexity index is 569. The van der Waals surface area contributed by atoms with Crippen LogP contribution in [0, 0.1) is 5.92 Å².